The van der Waals surface area contributed by atoms with Crippen LogP contribution in [0.2, 0.25) is 0 Å². The van der Waals surface area contributed by atoms with Crippen molar-refractivity contribution in [2.24, 2.45) is 0 Å². The number of aliphatic hydroxyl groups is 1. The van der Waals surface area contributed by atoms with Gasteiger partial charge in [-0.3, -0.25) is 0 Å². The van der Waals surface area contributed by atoms with Gasteiger partial charge in [-0.05, 0) is 33.0 Å². The zero-order valence-corrected chi connectivity index (χ0v) is 7.76. The van der Waals surface area contributed by atoms with Crippen molar-refractivity contribution in [2.75, 3.05) is 7.05 Å². The maximum Gasteiger partial charge on any atom is 0.111 e. The van der Waals surface area contributed by atoms with Crippen molar-refractivity contribution in [1.82, 2.24) is 10.3 Å². The molecule has 0 fully saturated rings. The molecule has 0 aliphatic rings. The summed E-state index contributed by atoms with van der Waals surface area (Å²) < 4.78 is 0. The minimum atomic E-state index is -0.502. The first-order valence-corrected chi connectivity index (χ1v) is 4.08. The second-order valence-electron chi connectivity index (χ2n) is 3.50. The lowest BCUT2D eigenvalue weighted by Crippen LogP contribution is -2.42. The van der Waals surface area contributed by atoms with Crippen LogP contribution in [0, 0.1) is 0 Å². The smallest absolute Gasteiger partial charge is 0.111 e. The third-order valence-electron chi connectivity index (χ3n) is 2.24. The molecule has 0 aliphatic carbocycles. The standard InChI is InChI=1S/C9H16N2O/c1-9(2,10-3)8(12)7-5-4-6-11-7/h4-6,8,10-12H,1-3H3. The number of aromatic amines is 1. The second kappa shape index (κ2) is 3.29. The molecule has 0 saturated heterocycles. The number of hydrogen-bond donors (Lipinski definition) is 3. The Kier molecular flexibility index (Phi) is 2.55. The van der Waals surface area contributed by atoms with Gasteiger partial charge >= 0.3 is 0 Å². The topological polar surface area (TPSA) is 48.0 Å². The molecule has 12 heavy (non-hydrogen) atoms. The van der Waals surface area contributed by atoms with Crippen LogP contribution in [0.4, 0.5) is 0 Å². The van der Waals surface area contributed by atoms with E-state index in [-0.39, 0.29) is 5.54 Å². The molecule has 1 aromatic rings. The number of rotatable bonds is 3. The monoisotopic (exact) mass is 168 g/mol. The summed E-state index contributed by atoms with van der Waals surface area (Å²) in [6.07, 6.45) is 1.31. The number of aromatic nitrogens is 1. The largest absolute Gasteiger partial charge is 0.385 e. The van der Waals surface area contributed by atoms with Crippen molar-refractivity contribution >= 4 is 0 Å². The quantitative estimate of drug-likeness (QED) is 0.631. The maximum absolute atomic E-state index is 9.84. The van der Waals surface area contributed by atoms with Gasteiger partial charge in [0.25, 0.3) is 0 Å². The van der Waals surface area contributed by atoms with Crippen LogP contribution in [-0.4, -0.2) is 22.7 Å². The number of likely N-dealkylation sites (N-methyl/N-ethyl adjacent to an activating group) is 1. The highest BCUT2D eigenvalue weighted by Crippen LogP contribution is 2.22. The number of H-pyrrole nitrogens is 1. The average Bonchev–Trinajstić information content (AvgIpc) is 2.55. The third-order valence-corrected chi connectivity index (χ3v) is 2.24. The van der Waals surface area contributed by atoms with Crippen molar-refractivity contribution in [2.45, 2.75) is 25.5 Å². The van der Waals surface area contributed by atoms with Crippen molar-refractivity contribution in [3.05, 3.63) is 24.0 Å². The van der Waals surface area contributed by atoms with Gasteiger partial charge in [0.1, 0.15) is 6.10 Å². The van der Waals surface area contributed by atoms with Crippen LogP contribution in [0.3, 0.4) is 0 Å². The summed E-state index contributed by atoms with van der Waals surface area (Å²) in [7, 11) is 1.84. The molecule has 1 unspecified atom stereocenters. The van der Waals surface area contributed by atoms with Crippen LogP contribution in [0.15, 0.2) is 18.3 Å². The van der Waals surface area contributed by atoms with Gasteiger partial charge in [0.2, 0.25) is 0 Å². The molecule has 3 N–H and O–H groups in total. The SMILES string of the molecule is CNC(C)(C)C(O)c1ccc[nH]1. The normalized spacial score (nSPS) is 14.7. The van der Waals surface area contributed by atoms with E-state index in [1.807, 2.05) is 39.2 Å². The molecule has 3 nitrogen and oxygen atoms in total. The first-order chi connectivity index (χ1) is 5.58. The lowest BCUT2D eigenvalue weighted by molar-refractivity contribution is 0.0821. The van der Waals surface area contributed by atoms with Crippen LogP contribution in [-0.2, 0) is 0 Å². The van der Waals surface area contributed by atoms with E-state index in [0.29, 0.717) is 0 Å². The molecule has 1 rings (SSSR count). The molecule has 1 aromatic heterocycles. The highest BCUT2D eigenvalue weighted by molar-refractivity contribution is 5.11. The average molecular weight is 168 g/mol. The summed E-state index contributed by atoms with van der Waals surface area (Å²) in [5.74, 6) is 0. The van der Waals surface area contributed by atoms with Crippen molar-refractivity contribution in [1.29, 1.82) is 0 Å². The van der Waals surface area contributed by atoms with Gasteiger partial charge in [-0.25, -0.2) is 0 Å². The highest BCUT2D eigenvalue weighted by Gasteiger charge is 2.27. The zero-order chi connectivity index (χ0) is 9.19. The summed E-state index contributed by atoms with van der Waals surface area (Å²) in [6, 6.07) is 3.76. The van der Waals surface area contributed by atoms with E-state index in [9.17, 15) is 5.11 Å². The molecule has 0 radical (unpaired) electrons. The minimum absolute atomic E-state index is 0.301. The van der Waals surface area contributed by atoms with Gasteiger partial charge in [0.15, 0.2) is 0 Å². The Labute approximate surface area is 72.8 Å². The molecule has 0 bridgehead atoms. The van der Waals surface area contributed by atoms with Crippen molar-refractivity contribution in [3.63, 3.8) is 0 Å². The molecule has 3 heteroatoms. The second-order valence-corrected chi connectivity index (χ2v) is 3.50. The number of nitrogens with one attached hydrogen (secondary N) is 2. The van der Waals surface area contributed by atoms with E-state index >= 15 is 0 Å². The van der Waals surface area contributed by atoms with E-state index in [1.165, 1.54) is 0 Å². The van der Waals surface area contributed by atoms with Crippen molar-refractivity contribution in [3.8, 4) is 0 Å². The zero-order valence-electron chi connectivity index (χ0n) is 7.76. The van der Waals surface area contributed by atoms with Gasteiger partial charge < -0.3 is 15.4 Å². The molecular formula is C9H16N2O. The summed E-state index contributed by atoms with van der Waals surface area (Å²) in [6.45, 7) is 3.91. The Morgan fingerprint density at radius 1 is 1.58 bits per heavy atom. The van der Waals surface area contributed by atoms with Crippen LogP contribution >= 0.6 is 0 Å². The molecule has 68 valence electrons. The Bertz CT molecular complexity index is 229. The lowest BCUT2D eigenvalue weighted by Gasteiger charge is -2.29. The summed E-state index contributed by atoms with van der Waals surface area (Å²) in [5, 5.41) is 12.9. The Morgan fingerprint density at radius 2 is 2.25 bits per heavy atom. The summed E-state index contributed by atoms with van der Waals surface area (Å²) >= 11 is 0. The van der Waals surface area contributed by atoms with E-state index in [4.69, 9.17) is 0 Å². The van der Waals surface area contributed by atoms with E-state index in [2.05, 4.69) is 10.3 Å². The third kappa shape index (κ3) is 1.68. The Balaban J connectivity index is 2.78. The fourth-order valence-corrected chi connectivity index (χ4v) is 1.04. The van der Waals surface area contributed by atoms with E-state index in [0.717, 1.165) is 5.69 Å². The molecule has 0 aromatic carbocycles. The van der Waals surface area contributed by atoms with Crippen LogP contribution in [0.5, 0.6) is 0 Å². The molecule has 0 spiro atoms. The summed E-state index contributed by atoms with van der Waals surface area (Å²) in [4.78, 5) is 2.99. The van der Waals surface area contributed by atoms with Gasteiger partial charge in [-0.1, -0.05) is 0 Å². The Morgan fingerprint density at radius 3 is 2.67 bits per heavy atom. The molecular weight excluding hydrogens is 152 g/mol. The van der Waals surface area contributed by atoms with Crippen LogP contribution < -0.4 is 5.32 Å². The number of aliphatic hydroxyl groups excluding tert-OH is 1. The van der Waals surface area contributed by atoms with Crippen LogP contribution in [0.25, 0.3) is 0 Å². The lowest BCUT2D eigenvalue weighted by atomic mass is 9.95. The first-order valence-electron chi connectivity index (χ1n) is 4.08. The fraction of sp³-hybridized carbons (Fsp3) is 0.556. The molecule has 1 atom stereocenters. The Hall–Kier alpha value is -0.800. The number of hydrogen-bond acceptors (Lipinski definition) is 2. The van der Waals surface area contributed by atoms with Crippen LogP contribution in [0.1, 0.15) is 25.6 Å². The predicted octanol–water partition coefficient (Wildman–Crippen LogP) is 1.05. The van der Waals surface area contributed by atoms with Gasteiger partial charge in [-0.15, -0.1) is 0 Å². The first kappa shape index (κ1) is 9.29. The molecule has 0 saturated carbocycles. The summed E-state index contributed by atoms with van der Waals surface area (Å²) in [5.41, 5.74) is 0.541. The van der Waals surface area contributed by atoms with E-state index in [1.54, 1.807) is 0 Å². The maximum atomic E-state index is 9.84. The van der Waals surface area contributed by atoms with Gasteiger partial charge in [0, 0.05) is 17.4 Å². The van der Waals surface area contributed by atoms with E-state index < -0.39 is 6.10 Å². The molecule has 0 amide bonds. The minimum Gasteiger partial charge on any atom is -0.385 e. The molecule has 0 aliphatic heterocycles. The predicted molar refractivity (Wildman–Crippen MR) is 48.9 cm³/mol. The van der Waals surface area contributed by atoms with Gasteiger partial charge in [-0.2, -0.15) is 0 Å². The molecule has 1 heterocycles. The van der Waals surface area contributed by atoms with Crippen molar-refractivity contribution < 1.29 is 5.11 Å². The fourth-order valence-electron chi connectivity index (χ4n) is 1.04. The van der Waals surface area contributed by atoms with Gasteiger partial charge in [0.05, 0.1) is 0 Å². The highest BCUT2D eigenvalue weighted by atomic mass is 16.3.